The lowest BCUT2D eigenvalue weighted by atomic mass is 10.0. The zero-order valence-corrected chi connectivity index (χ0v) is 14.7. The first kappa shape index (κ1) is 18.2. The van der Waals surface area contributed by atoms with Gasteiger partial charge in [-0.15, -0.1) is 0 Å². The molecular weight excluding hydrogens is 256 g/mol. The molecule has 1 rings (SSSR count). The molecule has 0 aliphatic carbocycles. The lowest BCUT2D eigenvalue weighted by molar-refractivity contribution is 0.317. The molecule has 120 valence electrons. The van der Waals surface area contributed by atoms with Gasteiger partial charge in [0.25, 0.3) is 0 Å². The number of nitrogens with zero attached hydrogens (tertiary/aromatic N) is 1. The Kier molecular flexibility index (Phi) is 7.98. The standard InChI is InChI=1S/C19H34N2/c1-6-7-10-15-21(5)16-18-12-9-8-11-17(18)13-14-20-19(2,3)4/h8-9,11-12,20H,6-7,10,13-16H2,1-5H3. The number of nitrogens with one attached hydrogen (secondary N) is 1. The predicted octanol–water partition coefficient (Wildman–Crippen LogP) is 4.24. The van der Waals surface area contributed by atoms with E-state index >= 15 is 0 Å². The van der Waals surface area contributed by atoms with E-state index in [1.165, 1.54) is 36.9 Å². The molecule has 0 unspecified atom stereocenters. The third-order valence-corrected chi connectivity index (χ3v) is 3.75. The highest BCUT2D eigenvalue weighted by molar-refractivity contribution is 5.27. The van der Waals surface area contributed by atoms with Crippen LogP contribution in [0.15, 0.2) is 24.3 Å². The lowest BCUT2D eigenvalue weighted by Gasteiger charge is -2.22. The van der Waals surface area contributed by atoms with Gasteiger partial charge in [0, 0.05) is 12.1 Å². The van der Waals surface area contributed by atoms with Crippen molar-refractivity contribution >= 4 is 0 Å². The monoisotopic (exact) mass is 290 g/mol. The molecule has 2 nitrogen and oxygen atoms in total. The molecular formula is C19H34N2. The van der Waals surface area contributed by atoms with Crippen molar-refractivity contribution in [2.45, 2.75) is 65.5 Å². The third-order valence-electron chi connectivity index (χ3n) is 3.75. The Bertz CT molecular complexity index is 393. The molecule has 0 aliphatic rings. The van der Waals surface area contributed by atoms with Crippen LogP contribution >= 0.6 is 0 Å². The Labute approximate surface area is 131 Å². The highest BCUT2D eigenvalue weighted by Gasteiger charge is 2.09. The third kappa shape index (κ3) is 8.23. The molecule has 1 aromatic rings. The molecule has 0 amide bonds. The zero-order chi connectivity index (χ0) is 15.7. The minimum absolute atomic E-state index is 0.200. The highest BCUT2D eigenvalue weighted by Crippen LogP contribution is 2.13. The Morgan fingerprint density at radius 1 is 1.05 bits per heavy atom. The van der Waals surface area contributed by atoms with E-state index in [1.807, 2.05) is 0 Å². The minimum atomic E-state index is 0.200. The van der Waals surface area contributed by atoms with Crippen molar-refractivity contribution in [3.8, 4) is 0 Å². The van der Waals surface area contributed by atoms with Crippen LogP contribution in [0, 0.1) is 0 Å². The van der Waals surface area contributed by atoms with Crippen LogP contribution in [0.1, 0.15) is 58.1 Å². The van der Waals surface area contributed by atoms with Crippen molar-refractivity contribution in [2.75, 3.05) is 20.1 Å². The van der Waals surface area contributed by atoms with Gasteiger partial charge < -0.3 is 10.2 Å². The van der Waals surface area contributed by atoms with Crippen LogP contribution in [0.2, 0.25) is 0 Å². The maximum Gasteiger partial charge on any atom is 0.0233 e. The Balaban J connectivity index is 2.50. The quantitative estimate of drug-likeness (QED) is 0.684. The van der Waals surface area contributed by atoms with Gasteiger partial charge in [0.15, 0.2) is 0 Å². The van der Waals surface area contributed by atoms with E-state index in [0.717, 1.165) is 19.5 Å². The van der Waals surface area contributed by atoms with Gasteiger partial charge in [-0.25, -0.2) is 0 Å². The van der Waals surface area contributed by atoms with E-state index in [0.29, 0.717) is 0 Å². The van der Waals surface area contributed by atoms with Crippen molar-refractivity contribution in [1.29, 1.82) is 0 Å². The molecule has 0 fully saturated rings. The summed E-state index contributed by atoms with van der Waals surface area (Å²) >= 11 is 0. The molecule has 0 saturated carbocycles. The fraction of sp³-hybridized carbons (Fsp3) is 0.684. The number of hydrogen-bond donors (Lipinski definition) is 1. The first-order chi connectivity index (χ1) is 9.92. The van der Waals surface area contributed by atoms with Gasteiger partial charge in [0.05, 0.1) is 0 Å². The number of unbranched alkanes of at least 4 members (excludes halogenated alkanes) is 2. The first-order valence-corrected chi connectivity index (χ1v) is 8.42. The van der Waals surface area contributed by atoms with Crippen LogP contribution in [0.4, 0.5) is 0 Å². The van der Waals surface area contributed by atoms with E-state index in [1.54, 1.807) is 0 Å². The summed E-state index contributed by atoms with van der Waals surface area (Å²) in [6.45, 7) is 12.2. The molecule has 0 heterocycles. The molecule has 2 heteroatoms. The molecule has 0 aromatic heterocycles. The average molecular weight is 290 g/mol. The Morgan fingerprint density at radius 2 is 1.71 bits per heavy atom. The summed E-state index contributed by atoms with van der Waals surface area (Å²) in [5, 5.41) is 3.58. The van der Waals surface area contributed by atoms with Crippen LogP contribution in [-0.2, 0) is 13.0 Å². The maximum atomic E-state index is 3.58. The second-order valence-electron chi connectivity index (χ2n) is 7.14. The van der Waals surface area contributed by atoms with Gasteiger partial charge in [0.1, 0.15) is 0 Å². The summed E-state index contributed by atoms with van der Waals surface area (Å²) in [4.78, 5) is 2.45. The second-order valence-corrected chi connectivity index (χ2v) is 7.14. The molecule has 21 heavy (non-hydrogen) atoms. The van der Waals surface area contributed by atoms with Gasteiger partial charge in [-0.1, -0.05) is 44.0 Å². The summed E-state index contributed by atoms with van der Waals surface area (Å²) < 4.78 is 0. The van der Waals surface area contributed by atoms with E-state index in [4.69, 9.17) is 0 Å². The summed E-state index contributed by atoms with van der Waals surface area (Å²) in [5.41, 5.74) is 3.16. The molecule has 0 atom stereocenters. The molecule has 0 radical (unpaired) electrons. The number of hydrogen-bond acceptors (Lipinski definition) is 2. The lowest BCUT2D eigenvalue weighted by Crippen LogP contribution is -2.37. The van der Waals surface area contributed by atoms with Gasteiger partial charge in [-0.3, -0.25) is 0 Å². The highest BCUT2D eigenvalue weighted by atomic mass is 15.1. The molecule has 0 bridgehead atoms. The predicted molar refractivity (Wildman–Crippen MR) is 93.8 cm³/mol. The zero-order valence-electron chi connectivity index (χ0n) is 14.7. The second kappa shape index (κ2) is 9.22. The fourth-order valence-corrected chi connectivity index (χ4v) is 2.53. The van der Waals surface area contributed by atoms with Crippen LogP contribution < -0.4 is 5.32 Å². The van der Waals surface area contributed by atoms with E-state index in [-0.39, 0.29) is 5.54 Å². The van der Waals surface area contributed by atoms with Gasteiger partial charge in [-0.2, -0.15) is 0 Å². The van der Waals surface area contributed by atoms with Crippen molar-refractivity contribution in [2.24, 2.45) is 0 Å². The van der Waals surface area contributed by atoms with Gasteiger partial charge in [-0.05, 0) is 64.9 Å². The van der Waals surface area contributed by atoms with Crippen molar-refractivity contribution in [3.63, 3.8) is 0 Å². The summed E-state index contributed by atoms with van der Waals surface area (Å²) in [7, 11) is 2.24. The minimum Gasteiger partial charge on any atom is -0.312 e. The van der Waals surface area contributed by atoms with Gasteiger partial charge >= 0.3 is 0 Å². The fourth-order valence-electron chi connectivity index (χ4n) is 2.53. The van der Waals surface area contributed by atoms with Crippen molar-refractivity contribution in [1.82, 2.24) is 10.2 Å². The summed E-state index contributed by atoms with van der Waals surface area (Å²) in [6, 6.07) is 8.88. The summed E-state index contributed by atoms with van der Waals surface area (Å²) in [5.74, 6) is 0. The van der Waals surface area contributed by atoms with Crippen molar-refractivity contribution in [3.05, 3.63) is 35.4 Å². The van der Waals surface area contributed by atoms with Crippen molar-refractivity contribution < 1.29 is 0 Å². The van der Waals surface area contributed by atoms with Crippen LogP contribution in [0.25, 0.3) is 0 Å². The Morgan fingerprint density at radius 3 is 2.33 bits per heavy atom. The van der Waals surface area contributed by atoms with Crippen LogP contribution in [0.5, 0.6) is 0 Å². The maximum absolute atomic E-state index is 3.58. The topological polar surface area (TPSA) is 15.3 Å². The van der Waals surface area contributed by atoms with Crippen LogP contribution in [0.3, 0.4) is 0 Å². The average Bonchev–Trinajstić information content (AvgIpc) is 2.39. The van der Waals surface area contributed by atoms with E-state index in [2.05, 4.69) is 69.2 Å². The molecule has 1 N–H and O–H groups in total. The van der Waals surface area contributed by atoms with E-state index < -0.39 is 0 Å². The largest absolute Gasteiger partial charge is 0.312 e. The number of benzene rings is 1. The summed E-state index contributed by atoms with van der Waals surface area (Å²) in [6.07, 6.45) is 5.04. The molecule has 0 aliphatic heterocycles. The first-order valence-electron chi connectivity index (χ1n) is 8.42. The molecule has 1 aromatic carbocycles. The molecule has 0 spiro atoms. The number of rotatable bonds is 9. The normalized spacial score (nSPS) is 12.1. The smallest absolute Gasteiger partial charge is 0.0233 e. The van der Waals surface area contributed by atoms with E-state index in [9.17, 15) is 0 Å². The van der Waals surface area contributed by atoms with Crippen LogP contribution in [-0.4, -0.2) is 30.6 Å². The Hall–Kier alpha value is -0.860. The SMILES string of the molecule is CCCCCN(C)Cc1ccccc1CCNC(C)(C)C. The van der Waals surface area contributed by atoms with Gasteiger partial charge in [0.2, 0.25) is 0 Å². The molecule has 0 saturated heterocycles.